The van der Waals surface area contributed by atoms with Gasteiger partial charge < -0.3 is 10.7 Å². The molecule has 13 heavy (non-hydrogen) atoms. The minimum atomic E-state index is 0.421. The van der Waals surface area contributed by atoms with Crippen LogP contribution in [0.15, 0.2) is 18.3 Å². The molecule has 1 aromatic heterocycles. The first kappa shape index (κ1) is 9.88. The van der Waals surface area contributed by atoms with E-state index in [1.807, 2.05) is 19.1 Å². The van der Waals surface area contributed by atoms with Gasteiger partial charge in [-0.15, -0.1) is 0 Å². The van der Waals surface area contributed by atoms with E-state index in [2.05, 4.69) is 15.7 Å². The Labute approximate surface area is 82.5 Å². The molecular formula is C8H12N4S. The number of aryl methyl sites for hydroxylation is 1. The second-order valence-corrected chi connectivity index (χ2v) is 3.00. The zero-order valence-electron chi connectivity index (χ0n) is 7.37. The molecule has 0 spiro atoms. The zero-order valence-corrected chi connectivity index (χ0v) is 8.19. The minimum absolute atomic E-state index is 0.421. The maximum Gasteiger partial charge on any atom is 0.180 e. The Morgan fingerprint density at radius 2 is 2.46 bits per heavy atom. The lowest BCUT2D eigenvalue weighted by atomic mass is 10.2. The number of hydrazine groups is 1. The molecule has 0 bridgehead atoms. The molecule has 5 heteroatoms. The molecule has 1 rings (SSSR count). The fraction of sp³-hybridized carbons (Fsp3) is 0.250. The largest absolute Gasteiger partial charge is 0.356 e. The summed E-state index contributed by atoms with van der Waals surface area (Å²) in [5.41, 5.74) is 4.45. The third-order valence-electron chi connectivity index (χ3n) is 1.67. The quantitative estimate of drug-likeness (QED) is 0.359. The van der Waals surface area contributed by atoms with Gasteiger partial charge in [0.25, 0.3) is 0 Å². The minimum Gasteiger partial charge on any atom is -0.356 e. The number of aromatic nitrogens is 1. The normalized spacial score (nSPS) is 9.38. The Morgan fingerprint density at radius 1 is 1.69 bits per heavy atom. The van der Waals surface area contributed by atoms with Gasteiger partial charge >= 0.3 is 0 Å². The van der Waals surface area contributed by atoms with Crippen LogP contribution in [0.3, 0.4) is 0 Å². The average molecular weight is 196 g/mol. The molecule has 70 valence electrons. The van der Waals surface area contributed by atoms with Gasteiger partial charge in [0.1, 0.15) is 0 Å². The molecule has 0 radical (unpaired) electrons. The summed E-state index contributed by atoms with van der Waals surface area (Å²) < 4.78 is 0. The first-order valence-corrected chi connectivity index (χ1v) is 4.30. The number of pyridine rings is 1. The number of hydrogen-bond donors (Lipinski definition) is 3. The Balaban J connectivity index is 2.54. The number of nitrogens with one attached hydrogen (secondary N) is 2. The van der Waals surface area contributed by atoms with E-state index >= 15 is 0 Å². The molecule has 0 aliphatic heterocycles. The summed E-state index contributed by atoms with van der Waals surface area (Å²) in [6.07, 6.45) is 1.75. The topological polar surface area (TPSA) is 63.0 Å². The van der Waals surface area contributed by atoms with Crippen molar-refractivity contribution in [2.45, 2.75) is 13.5 Å². The highest BCUT2D eigenvalue weighted by molar-refractivity contribution is 7.80. The molecule has 0 aromatic carbocycles. The van der Waals surface area contributed by atoms with Crippen LogP contribution in [0.4, 0.5) is 0 Å². The van der Waals surface area contributed by atoms with E-state index in [4.69, 9.17) is 18.1 Å². The van der Waals surface area contributed by atoms with Crippen LogP contribution in [-0.2, 0) is 6.54 Å². The lowest BCUT2D eigenvalue weighted by Gasteiger charge is -2.07. The molecule has 0 aliphatic carbocycles. The van der Waals surface area contributed by atoms with Gasteiger partial charge in [-0.1, -0.05) is 6.07 Å². The molecule has 0 saturated heterocycles. The van der Waals surface area contributed by atoms with Gasteiger partial charge in [0, 0.05) is 6.20 Å². The van der Waals surface area contributed by atoms with E-state index in [-0.39, 0.29) is 0 Å². The lowest BCUT2D eigenvalue weighted by Crippen LogP contribution is -2.39. The van der Waals surface area contributed by atoms with E-state index in [0.29, 0.717) is 11.7 Å². The van der Waals surface area contributed by atoms with E-state index in [0.717, 1.165) is 11.3 Å². The predicted octanol–water partition coefficient (Wildman–Crippen LogP) is 0.228. The molecule has 0 saturated carbocycles. The van der Waals surface area contributed by atoms with Crippen molar-refractivity contribution in [3.05, 3.63) is 29.6 Å². The maximum absolute atomic E-state index is 5.10. The monoisotopic (exact) mass is 196 g/mol. The third-order valence-corrected chi connectivity index (χ3v) is 1.93. The van der Waals surface area contributed by atoms with E-state index < -0.39 is 0 Å². The Kier molecular flexibility index (Phi) is 3.60. The van der Waals surface area contributed by atoms with Crippen molar-refractivity contribution in [1.29, 1.82) is 0 Å². The summed E-state index contributed by atoms with van der Waals surface area (Å²) in [6, 6.07) is 3.90. The van der Waals surface area contributed by atoms with Crippen molar-refractivity contribution in [3.63, 3.8) is 0 Å². The van der Waals surface area contributed by atoms with Crippen molar-refractivity contribution in [2.75, 3.05) is 0 Å². The smallest absolute Gasteiger partial charge is 0.180 e. The van der Waals surface area contributed by atoms with Gasteiger partial charge in [-0.05, 0) is 30.8 Å². The highest BCUT2D eigenvalue weighted by Crippen LogP contribution is 2.01. The predicted molar refractivity (Wildman–Crippen MR) is 55.7 cm³/mol. The molecule has 4 N–H and O–H groups in total. The first-order valence-electron chi connectivity index (χ1n) is 3.89. The average Bonchev–Trinajstić information content (AvgIpc) is 2.16. The van der Waals surface area contributed by atoms with E-state index in [1.54, 1.807) is 6.20 Å². The summed E-state index contributed by atoms with van der Waals surface area (Å²) in [4.78, 5) is 4.19. The van der Waals surface area contributed by atoms with Crippen LogP contribution in [0.25, 0.3) is 0 Å². The van der Waals surface area contributed by atoms with Gasteiger partial charge in [0.05, 0.1) is 12.2 Å². The second-order valence-electron chi connectivity index (χ2n) is 2.59. The van der Waals surface area contributed by atoms with Crippen LogP contribution in [0.1, 0.15) is 11.3 Å². The van der Waals surface area contributed by atoms with E-state index in [1.165, 1.54) is 0 Å². The zero-order chi connectivity index (χ0) is 9.68. The molecule has 0 amide bonds. The summed E-state index contributed by atoms with van der Waals surface area (Å²) in [7, 11) is 0. The number of nitrogens with two attached hydrogens (primary N) is 1. The van der Waals surface area contributed by atoms with E-state index in [9.17, 15) is 0 Å². The van der Waals surface area contributed by atoms with Gasteiger partial charge in [0.2, 0.25) is 0 Å². The summed E-state index contributed by atoms with van der Waals surface area (Å²) >= 11 is 4.82. The van der Waals surface area contributed by atoms with Crippen LogP contribution >= 0.6 is 12.2 Å². The number of rotatable bonds is 2. The second kappa shape index (κ2) is 4.74. The van der Waals surface area contributed by atoms with Gasteiger partial charge in [-0.25, -0.2) is 5.84 Å². The number of hydrogen-bond acceptors (Lipinski definition) is 3. The summed E-state index contributed by atoms with van der Waals surface area (Å²) in [5, 5.41) is 3.34. The molecule has 4 nitrogen and oxygen atoms in total. The maximum atomic E-state index is 5.10. The van der Waals surface area contributed by atoms with Crippen LogP contribution in [0, 0.1) is 6.92 Å². The van der Waals surface area contributed by atoms with Crippen LogP contribution in [0.5, 0.6) is 0 Å². The van der Waals surface area contributed by atoms with Crippen LogP contribution < -0.4 is 16.6 Å². The number of nitrogens with zero attached hydrogens (tertiary/aromatic N) is 1. The van der Waals surface area contributed by atoms with Gasteiger partial charge in [-0.2, -0.15) is 0 Å². The van der Waals surface area contributed by atoms with Crippen molar-refractivity contribution in [3.8, 4) is 0 Å². The molecule has 1 aromatic rings. The van der Waals surface area contributed by atoms with Gasteiger partial charge in [-0.3, -0.25) is 4.98 Å². The fourth-order valence-corrected chi connectivity index (χ4v) is 0.991. The van der Waals surface area contributed by atoms with Crippen LogP contribution in [0.2, 0.25) is 0 Å². The first-order chi connectivity index (χ1) is 6.24. The Morgan fingerprint density at radius 3 is 3.08 bits per heavy atom. The Hall–Kier alpha value is -1.20. The highest BCUT2D eigenvalue weighted by atomic mass is 32.1. The lowest BCUT2D eigenvalue weighted by molar-refractivity contribution is 0.831. The summed E-state index contributed by atoms with van der Waals surface area (Å²) in [6.45, 7) is 2.60. The fourth-order valence-electron chi connectivity index (χ4n) is 0.918. The number of thiocarbonyl (C=S) groups is 1. The molecule has 0 atom stereocenters. The van der Waals surface area contributed by atoms with Crippen molar-refractivity contribution in [2.24, 2.45) is 5.84 Å². The highest BCUT2D eigenvalue weighted by Gasteiger charge is 1.98. The SMILES string of the molecule is Cc1cccnc1CNC(=S)NN. The third kappa shape index (κ3) is 2.96. The van der Waals surface area contributed by atoms with Crippen molar-refractivity contribution >= 4 is 17.3 Å². The van der Waals surface area contributed by atoms with Crippen molar-refractivity contribution in [1.82, 2.24) is 15.7 Å². The van der Waals surface area contributed by atoms with Gasteiger partial charge in [0.15, 0.2) is 5.11 Å². The molecular weight excluding hydrogens is 184 g/mol. The molecule has 0 fully saturated rings. The molecule has 1 heterocycles. The Bertz CT molecular complexity index is 300. The molecule has 0 unspecified atom stereocenters. The standard InChI is InChI=1S/C8H12N4S/c1-6-3-2-4-10-7(6)5-11-8(13)12-9/h2-4H,5,9H2,1H3,(H2,11,12,13). The summed E-state index contributed by atoms with van der Waals surface area (Å²) in [5.74, 6) is 5.10. The van der Waals surface area contributed by atoms with Crippen molar-refractivity contribution < 1.29 is 0 Å². The van der Waals surface area contributed by atoms with Crippen LogP contribution in [-0.4, -0.2) is 10.1 Å². The molecule has 0 aliphatic rings.